The van der Waals surface area contributed by atoms with Crippen LogP contribution in [0.5, 0.6) is 0 Å². The minimum absolute atomic E-state index is 0. The first-order valence-corrected chi connectivity index (χ1v) is 6.76. The van der Waals surface area contributed by atoms with Crippen LogP contribution in [-0.4, -0.2) is 12.0 Å². The lowest BCUT2D eigenvalue weighted by molar-refractivity contribution is 0.781. The molecular weight excluding hydrogens is 246 g/mol. The van der Waals surface area contributed by atoms with Gasteiger partial charge in [0.1, 0.15) is 12.3 Å². The number of halogens is 2. The van der Waals surface area contributed by atoms with Gasteiger partial charge in [-0.05, 0) is 12.0 Å². The van der Waals surface area contributed by atoms with E-state index >= 15 is 0 Å². The van der Waals surface area contributed by atoms with E-state index in [0.717, 1.165) is 5.92 Å². The zero-order chi connectivity index (χ0) is 9.10. The third kappa shape index (κ3) is 4.55. The summed E-state index contributed by atoms with van der Waals surface area (Å²) in [5.41, 5.74) is 1.51. The highest BCUT2D eigenvalue weighted by atomic mass is 35.5. The highest BCUT2D eigenvalue weighted by molar-refractivity contribution is 7.56. The number of rotatable bonds is 2. The quantitative estimate of drug-likeness (QED) is 0.696. The number of benzene rings is 1. The monoisotopic (exact) mass is 263 g/mol. The molecule has 0 saturated heterocycles. The van der Waals surface area contributed by atoms with Crippen LogP contribution >= 0.6 is 32.4 Å². The van der Waals surface area contributed by atoms with E-state index in [4.69, 9.17) is 0 Å². The molecule has 1 aliphatic heterocycles. The van der Waals surface area contributed by atoms with Gasteiger partial charge < -0.3 is 0 Å². The zero-order valence-corrected chi connectivity index (χ0v) is 11.5. The van der Waals surface area contributed by atoms with Crippen molar-refractivity contribution in [3.63, 3.8) is 0 Å². The topological polar surface area (TPSA) is 0 Å². The maximum Gasteiger partial charge on any atom is 0.131 e. The molecule has 2 rings (SSSR count). The predicted molar refractivity (Wildman–Crippen MR) is 76.3 cm³/mol. The molecule has 84 valence electrons. The molecule has 0 fully saturated rings. The van der Waals surface area contributed by atoms with Gasteiger partial charge in [-0.2, -0.15) is 0 Å². The average Bonchev–Trinajstić information content (AvgIpc) is 2.53. The van der Waals surface area contributed by atoms with Crippen molar-refractivity contribution in [2.75, 3.05) is 6.16 Å². The molecule has 0 amide bonds. The molecule has 0 spiro atoms. The summed E-state index contributed by atoms with van der Waals surface area (Å²) >= 11 is 0. The fourth-order valence-corrected chi connectivity index (χ4v) is 4.53. The van der Waals surface area contributed by atoms with E-state index < -0.39 is 0 Å². The van der Waals surface area contributed by atoms with E-state index in [1.807, 2.05) is 0 Å². The lowest BCUT2D eigenvalue weighted by atomic mass is 10.2. The van der Waals surface area contributed by atoms with E-state index in [-0.39, 0.29) is 32.4 Å². The van der Waals surface area contributed by atoms with Gasteiger partial charge in [-0.25, -0.2) is 0 Å². The van der Waals surface area contributed by atoms with Crippen LogP contribution in [0.1, 0.15) is 18.9 Å². The minimum Gasteiger partial charge on any atom is -0.147 e. The molecule has 1 aliphatic rings. The van der Waals surface area contributed by atoms with Crippen molar-refractivity contribution < 1.29 is 0 Å². The van der Waals surface area contributed by atoms with Gasteiger partial charge in [0.05, 0.1) is 13.3 Å². The molecule has 0 aliphatic carbocycles. The molecule has 3 heteroatoms. The Kier molecular flexibility index (Phi) is 7.26. The molecule has 1 heterocycles. The van der Waals surface area contributed by atoms with Crippen LogP contribution in [0.3, 0.4) is 0 Å². The van der Waals surface area contributed by atoms with E-state index in [0.29, 0.717) is 0 Å². The summed E-state index contributed by atoms with van der Waals surface area (Å²) in [6.45, 7) is 2.34. The molecule has 2 unspecified atom stereocenters. The van der Waals surface area contributed by atoms with Crippen LogP contribution in [-0.2, 0) is 6.16 Å². The van der Waals surface area contributed by atoms with Crippen LogP contribution < -0.4 is 0 Å². The van der Waals surface area contributed by atoms with Gasteiger partial charge in [0.15, 0.2) is 0 Å². The second-order valence-corrected chi connectivity index (χ2v) is 6.11. The van der Waals surface area contributed by atoms with Gasteiger partial charge in [0, 0.05) is 5.92 Å². The van der Waals surface area contributed by atoms with E-state index in [2.05, 4.69) is 43.1 Å². The van der Waals surface area contributed by atoms with Crippen molar-refractivity contribution in [1.82, 2.24) is 0 Å². The summed E-state index contributed by atoms with van der Waals surface area (Å²) in [7, 11) is 0.214. The first kappa shape index (κ1) is 15.0. The van der Waals surface area contributed by atoms with Gasteiger partial charge in [-0.15, -0.1) is 24.8 Å². The van der Waals surface area contributed by atoms with Crippen molar-refractivity contribution >= 4 is 38.2 Å². The lowest BCUT2D eigenvalue weighted by Crippen LogP contribution is -1.85. The summed E-state index contributed by atoms with van der Waals surface area (Å²) in [4.78, 5) is 0. The van der Waals surface area contributed by atoms with Gasteiger partial charge in [0.2, 0.25) is 0 Å². The van der Waals surface area contributed by atoms with Crippen molar-refractivity contribution in [3.8, 4) is 0 Å². The SMILES string of the molecule is CC1C=[P+](Cc2ccccc2)CC1.Cl.Cl. The molecule has 15 heavy (non-hydrogen) atoms. The third-order valence-corrected chi connectivity index (χ3v) is 5.10. The highest BCUT2D eigenvalue weighted by Gasteiger charge is 2.21. The van der Waals surface area contributed by atoms with Crippen molar-refractivity contribution in [2.24, 2.45) is 5.92 Å². The Morgan fingerprint density at radius 1 is 1.20 bits per heavy atom. The highest BCUT2D eigenvalue weighted by Crippen LogP contribution is 2.36. The summed E-state index contributed by atoms with van der Waals surface area (Å²) in [5, 5.41) is 0. The van der Waals surface area contributed by atoms with Crippen molar-refractivity contribution in [2.45, 2.75) is 19.5 Å². The van der Waals surface area contributed by atoms with Crippen LogP contribution in [0.2, 0.25) is 0 Å². The summed E-state index contributed by atoms with van der Waals surface area (Å²) in [6, 6.07) is 10.9. The maximum atomic E-state index is 2.59. The third-order valence-electron chi connectivity index (χ3n) is 2.57. The summed E-state index contributed by atoms with van der Waals surface area (Å²) in [6.07, 6.45) is 4.17. The smallest absolute Gasteiger partial charge is 0.131 e. The lowest BCUT2D eigenvalue weighted by Gasteiger charge is -1.92. The van der Waals surface area contributed by atoms with Crippen LogP contribution in [0.4, 0.5) is 0 Å². The molecule has 0 bridgehead atoms. The predicted octanol–water partition coefficient (Wildman–Crippen LogP) is 4.35. The summed E-state index contributed by atoms with van der Waals surface area (Å²) < 4.78 is 0. The molecule has 1 aromatic rings. The molecule has 0 N–H and O–H groups in total. The van der Waals surface area contributed by atoms with Crippen molar-refractivity contribution in [3.05, 3.63) is 35.9 Å². The largest absolute Gasteiger partial charge is 0.147 e. The summed E-state index contributed by atoms with van der Waals surface area (Å²) in [5.74, 6) is 3.46. The zero-order valence-electron chi connectivity index (χ0n) is 8.93. The van der Waals surface area contributed by atoms with Gasteiger partial charge in [-0.1, -0.05) is 37.3 Å². The Hall–Kier alpha value is -0.0300. The molecule has 0 radical (unpaired) electrons. The van der Waals surface area contributed by atoms with Crippen LogP contribution in [0.25, 0.3) is 0 Å². The van der Waals surface area contributed by atoms with Gasteiger partial charge in [0.25, 0.3) is 0 Å². The molecule has 1 aromatic carbocycles. The standard InChI is InChI=1S/C12H16P.2ClH/c1-11-7-8-13(9-11)10-12-5-3-2-4-6-12;;/h2-6,9,11H,7-8,10H2,1H3;2*1H/q+1;;. The fourth-order valence-electron chi connectivity index (χ4n) is 1.83. The average molecular weight is 264 g/mol. The Bertz CT molecular complexity index is 309. The molecular formula is C12H18Cl2P+. The Labute approximate surface area is 106 Å². The van der Waals surface area contributed by atoms with E-state index in [1.54, 1.807) is 0 Å². The van der Waals surface area contributed by atoms with E-state index in [1.165, 1.54) is 24.3 Å². The molecule has 0 saturated carbocycles. The number of hydrogen-bond donors (Lipinski definition) is 0. The Morgan fingerprint density at radius 2 is 1.87 bits per heavy atom. The Morgan fingerprint density at radius 3 is 2.40 bits per heavy atom. The fraction of sp³-hybridized carbons (Fsp3) is 0.417. The van der Waals surface area contributed by atoms with Crippen LogP contribution in [0, 0.1) is 5.92 Å². The molecule has 0 aromatic heterocycles. The van der Waals surface area contributed by atoms with Crippen molar-refractivity contribution in [1.29, 1.82) is 0 Å². The van der Waals surface area contributed by atoms with E-state index in [9.17, 15) is 0 Å². The second-order valence-electron chi connectivity index (χ2n) is 3.87. The van der Waals surface area contributed by atoms with Crippen LogP contribution in [0.15, 0.2) is 30.3 Å². The number of hydrogen-bond acceptors (Lipinski definition) is 0. The molecule has 0 nitrogen and oxygen atoms in total. The van der Waals surface area contributed by atoms with Gasteiger partial charge in [-0.3, -0.25) is 0 Å². The first-order valence-electron chi connectivity index (χ1n) is 4.97. The first-order chi connectivity index (χ1) is 6.34. The minimum atomic E-state index is 0. The normalized spacial score (nSPS) is 21.1. The molecule has 2 atom stereocenters. The Balaban J connectivity index is 0.000000980. The second kappa shape index (κ2) is 7.28. The maximum absolute atomic E-state index is 2.59. The van der Waals surface area contributed by atoms with Gasteiger partial charge >= 0.3 is 0 Å².